The highest BCUT2D eigenvalue weighted by molar-refractivity contribution is 6.03. The number of anilines is 1. The van der Waals surface area contributed by atoms with Crippen molar-refractivity contribution in [2.45, 2.75) is 6.92 Å². The number of carbonyl (C=O) groups is 2. The summed E-state index contributed by atoms with van der Waals surface area (Å²) in [5, 5.41) is 11.1. The van der Waals surface area contributed by atoms with Crippen LogP contribution >= 0.6 is 0 Å². The molecule has 0 atom stereocenters. The molecule has 0 aliphatic heterocycles. The predicted molar refractivity (Wildman–Crippen MR) is 63.0 cm³/mol. The summed E-state index contributed by atoms with van der Waals surface area (Å²) in [6.07, 6.45) is 0. The van der Waals surface area contributed by atoms with Crippen molar-refractivity contribution in [2.24, 2.45) is 0 Å². The van der Waals surface area contributed by atoms with Crippen molar-refractivity contribution in [3.63, 3.8) is 0 Å². The fourth-order valence-corrected chi connectivity index (χ4v) is 1.06. The van der Waals surface area contributed by atoms with Gasteiger partial charge in [0.2, 0.25) is 0 Å². The first kappa shape index (κ1) is 12.8. The van der Waals surface area contributed by atoms with E-state index in [0.29, 0.717) is 17.0 Å². The Morgan fingerprint density at radius 1 is 1.41 bits per heavy atom. The third-order valence-corrected chi connectivity index (χ3v) is 1.87. The van der Waals surface area contributed by atoms with Crippen molar-refractivity contribution < 1.29 is 19.4 Å². The second-order valence-corrected chi connectivity index (χ2v) is 3.41. The largest absolute Gasteiger partial charge is 0.480 e. The van der Waals surface area contributed by atoms with E-state index in [1.165, 1.54) is 0 Å². The van der Waals surface area contributed by atoms with Crippen LogP contribution in [0.15, 0.2) is 36.4 Å². The molecule has 1 amide bonds. The van der Waals surface area contributed by atoms with E-state index in [9.17, 15) is 9.59 Å². The van der Waals surface area contributed by atoms with E-state index in [4.69, 9.17) is 9.84 Å². The van der Waals surface area contributed by atoms with Gasteiger partial charge < -0.3 is 15.2 Å². The van der Waals surface area contributed by atoms with E-state index in [1.54, 1.807) is 31.2 Å². The molecule has 17 heavy (non-hydrogen) atoms. The lowest BCUT2D eigenvalue weighted by Gasteiger charge is -2.10. The number of hydrogen-bond donors (Lipinski definition) is 2. The van der Waals surface area contributed by atoms with Crippen molar-refractivity contribution >= 4 is 17.6 Å². The van der Waals surface area contributed by atoms with Gasteiger partial charge in [-0.3, -0.25) is 4.79 Å². The zero-order chi connectivity index (χ0) is 12.8. The summed E-state index contributed by atoms with van der Waals surface area (Å²) in [6, 6.07) is 6.60. The van der Waals surface area contributed by atoms with Gasteiger partial charge in [0, 0.05) is 5.57 Å². The van der Waals surface area contributed by atoms with Crippen LogP contribution < -0.4 is 10.1 Å². The van der Waals surface area contributed by atoms with Crippen molar-refractivity contribution in [1.82, 2.24) is 0 Å². The number of carboxylic acid groups (broad SMARTS) is 1. The van der Waals surface area contributed by atoms with Gasteiger partial charge in [0.05, 0.1) is 5.69 Å². The van der Waals surface area contributed by atoms with Crippen LogP contribution in [-0.2, 0) is 9.59 Å². The summed E-state index contributed by atoms with van der Waals surface area (Å²) in [4.78, 5) is 21.8. The standard InChI is InChI=1S/C12H13NO4/c1-8(2)12(16)13-9-5-3-4-6-10(9)17-7-11(14)15/h3-6H,1,7H2,2H3,(H,13,16)(H,14,15). The molecule has 1 aromatic rings. The zero-order valence-corrected chi connectivity index (χ0v) is 9.40. The number of amides is 1. The lowest BCUT2D eigenvalue weighted by atomic mass is 10.2. The molecule has 0 aromatic heterocycles. The van der Waals surface area contributed by atoms with E-state index in [2.05, 4.69) is 11.9 Å². The molecule has 0 saturated heterocycles. The third kappa shape index (κ3) is 3.98. The third-order valence-electron chi connectivity index (χ3n) is 1.87. The molecule has 0 saturated carbocycles. The van der Waals surface area contributed by atoms with Crippen LogP contribution in [0.4, 0.5) is 5.69 Å². The first-order valence-corrected chi connectivity index (χ1v) is 4.91. The van der Waals surface area contributed by atoms with Crippen LogP contribution in [0.2, 0.25) is 0 Å². The van der Waals surface area contributed by atoms with Gasteiger partial charge in [-0.25, -0.2) is 4.79 Å². The number of ether oxygens (including phenoxy) is 1. The molecular formula is C12H13NO4. The highest BCUT2D eigenvalue weighted by Crippen LogP contribution is 2.23. The summed E-state index contributed by atoms with van der Waals surface area (Å²) in [5.74, 6) is -1.10. The van der Waals surface area contributed by atoms with Crippen LogP contribution in [0, 0.1) is 0 Å². The summed E-state index contributed by atoms with van der Waals surface area (Å²) >= 11 is 0. The van der Waals surface area contributed by atoms with Gasteiger partial charge in [-0.2, -0.15) is 0 Å². The topological polar surface area (TPSA) is 75.6 Å². The molecule has 5 heteroatoms. The number of rotatable bonds is 5. The number of nitrogens with one attached hydrogen (secondary N) is 1. The molecule has 5 nitrogen and oxygen atoms in total. The molecular weight excluding hydrogens is 222 g/mol. The van der Waals surface area contributed by atoms with E-state index in [-0.39, 0.29) is 5.91 Å². The molecule has 90 valence electrons. The molecule has 0 heterocycles. The Morgan fingerprint density at radius 3 is 2.65 bits per heavy atom. The summed E-state index contributed by atoms with van der Waals surface area (Å²) < 4.78 is 5.04. The molecule has 1 aromatic carbocycles. The average molecular weight is 235 g/mol. The molecule has 0 unspecified atom stereocenters. The normalized spacial score (nSPS) is 9.47. The van der Waals surface area contributed by atoms with Crippen molar-refractivity contribution in [3.05, 3.63) is 36.4 Å². The lowest BCUT2D eigenvalue weighted by Crippen LogP contribution is -2.14. The van der Waals surface area contributed by atoms with Crippen LogP contribution in [0.25, 0.3) is 0 Å². The Kier molecular flexibility index (Phi) is 4.28. The highest BCUT2D eigenvalue weighted by atomic mass is 16.5. The Bertz CT molecular complexity index is 454. The number of para-hydroxylation sites is 2. The first-order valence-electron chi connectivity index (χ1n) is 4.91. The highest BCUT2D eigenvalue weighted by Gasteiger charge is 2.08. The summed E-state index contributed by atoms with van der Waals surface area (Å²) in [5.41, 5.74) is 0.778. The fraction of sp³-hybridized carbons (Fsp3) is 0.167. The maximum atomic E-state index is 11.4. The van der Waals surface area contributed by atoms with Gasteiger partial charge in [-0.1, -0.05) is 18.7 Å². The van der Waals surface area contributed by atoms with E-state index < -0.39 is 12.6 Å². The van der Waals surface area contributed by atoms with Crippen LogP contribution in [0.5, 0.6) is 5.75 Å². The van der Waals surface area contributed by atoms with Crippen LogP contribution in [0.1, 0.15) is 6.92 Å². The Balaban J connectivity index is 2.80. The average Bonchev–Trinajstić information content (AvgIpc) is 2.27. The van der Waals surface area contributed by atoms with Gasteiger partial charge in [0.1, 0.15) is 5.75 Å². The van der Waals surface area contributed by atoms with Gasteiger partial charge in [0.25, 0.3) is 5.91 Å². The smallest absolute Gasteiger partial charge is 0.341 e. The number of carbonyl (C=O) groups excluding carboxylic acids is 1. The van der Waals surface area contributed by atoms with E-state index in [1.807, 2.05) is 0 Å². The molecule has 0 fully saturated rings. The van der Waals surface area contributed by atoms with Crippen molar-refractivity contribution in [1.29, 1.82) is 0 Å². The molecule has 0 radical (unpaired) electrons. The Hall–Kier alpha value is -2.30. The van der Waals surface area contributed by atoms with E-state index in [0.717, 1.165) is 0 Å². The van der Waals surface area contributed by atoms with Crippen LogP contribution in [-0.4, -0.2) is 23.6 Å². The lowest BCUT2D eigenvalue weighted by molar-refractivity contribution is -0.139. The van der Waals surface area contributed by atoms with Gasteiger partial charge in [-0.05, 0) is 19.1 Å². The number of hydrogen-bond acceptors (Lipinski definition) is 3. The second kappa shape index (κ2) is 5.69. The minimum atomic E-state index is -1.08. The molecule has 2 N–H and O–H groups in total. The quantitative estimate of drug-likeness (QED) is 0.761. The van der Waals surface area contributed by atoms with Crippen molar-refractivity contribution in [3.8, 4) is 5.75 Å². The van der Waals surface area contributed by atoms with E-state index >= 15 is 0 Å². The number of aliphatic carboxylic acids is 1. The first-order chi connectivity index (χ1) is 8.00. The van der Waals surface area contributed by atoms with Gasteiger partial charge in [0.15, 0.2) is 6.61 Å². The van der Waals surface area contributed by atoms with Crippen molar-refractivity contribution in [2.75, 3.05) is 11.9 Å². The Labute approximate surface area is 98.7 Å². The number of benzene rings is 1. The molecule has 0 aliphatic rings. The summed E-state index contributed by atoms with van der Waals surface area (Å²) in [7, 11) is 0. The summed E-state index contributed by atoms with van der Waals surface area (Å²) in [6.45, 7) is 4.63. The Morgan fingerprint density at radius 2 is 2.06 bits per heavy atom. The minimum absolute atomic E-state index is 0.310. The second-order valence-electron chi connectivity index (χ2n) is 3.41. The van der Waals surface area contributed by atoms with Gasteiger partial charge in [-0.15, -0.1) is 0 Å². The molecule has 1 rings (SSSR count). The zero-order valence-electron chi connectivity index (χ0n) is 9.40. The molecule has 0 aliphatic carbocycles. The predicted octanol–water partition coefficient (Wildman–Crippen LogP) is 1.66. The SMILES string of the molecule is C=C(C)C(=O)Nc1ccccc1OCC(=O)O. The molecule has 0 bridgehead atoms. The monoisotopic (exact) mass is 235 g/mol. The maximum Gasteiger partial charge on any atom is 0.341 e. The maximum absolute atomic E-state index is 11.4. The number of carboxylic acids is 1. The molecule has 0 spiro atoms. The van der Waals surface area contributed by atoms with Gasteiger partial charge >= 0.3 is 5.97 Å². The fourth-order valence-electron chi connectivity index (χ4n) is 1.06. The van der Waals surface area contributed by atoms with Crippen LogP contribution in [0.3, 0.4) is 0 Å². The minimum Gasteiger partial charge on any atom is -0.480 e.